The predicted octanol–water partition coefficient (Wildman–Crippen LogP) is 4.43. The number of nitrogen functional groups attached to an aromatic ring is 1. The van der Waals surface area contributed by atoms with Crippen LogP contribution in [0.2, 0.25) is 0 Å². The van der Waals surface area contributed by atoms with Gasteiger partial charge in [0, 0.05) is 17.7 Å². The fraction of sp³-hybridized carbons (Fsp3) is 0.182. The molecule has 142 valence electrons. The quantitative estimate of drug-likeness (QED) is 0.374. The Labute approximate surface area is 168 Å². The Morgan fingerprint density at radius 2 is 1.68 bits per heavy atom. The van der Waals surface area contributed by atoms with Gasteiger partial charge in [-0.3, -0.25) is 0 Å². The van der Waals surface area contributed by atoms with E-state index in [1.54, 1.807) is 16.4 Å². The second-order valence-corrected chi connectivity index (χ2v) is 7.36. The molecule has 0 fully saturated rings. The zero-order valence-electron chi connectivity index (χ0n) is 15.7. The first-order valence-corrected chi connectivity index (χ1v) is 10.2. The first kappa shape index (κ1) is 18.4. The van der Waals surface area contributed by atoms with Gasteiger partial charge in [-0.05, 0) is 29.3 Å². The van der Waals surface area contributed by atoms with Gasteiger partial charge in [0.25, 0.3) is 0 Å². The van der Waals surface area contributed by atoms with Gasteiger partial charge in [-0.15, -0.1) is 10.2 Å². The smallest absolute Gasteiger partial charge is 0.210 e. The van der Waals surface area contributed by atoms with E-state index in [4.69, 9.17) is 10.6 Å². The summed E-state index contributed by atoms with van der Waals surface area (Å²) in [7, 11) is 0. The van der Waals surface area contributed by atoms with Gasteiger partial charge in [0.1, 0.15) is 5.75 Å². The molecule has 0 spiro atoms. The maximum absolute atomic E-state index is 6.30. The normalized spacial score (nSPS) is 11.0. The van der Waals surface area contributed by atoms with Crippen molar-refractivity contribution in [2.45, 2.75) is 24.3 Å². The highest BCUT2D eigenvalue weighted by Crippen LogP contribution is 2.27. The van der Waals surface area contributed by atoms with Gasteiger partial charge in [0.15, 0.2) is 5.82 Å². The Hall–Kier alpha value is -2.99. The number of aromatic nitrogens is 3. The highest BCUT2D eigenvalue weighted by Gasteiger charge is 2.13. The van der Waals surface area contributed by atoms with Crippen LogP contribution in [0, 0.1) is 0 Å². The number of hydrogen-bond donors (Lipinski definition) is 1. The zero-order valence-corrected chi connectivity index (χ0v) is 16.5. The van der Waals surface area contributed by atoms with Crippen molar-refractivity contribution in [2.24, 2.45) is 0 Å². The number of para-hydroxylation sites is 1. The first-order valence-electron chi connectivity index (χ1n) is 9.25. The number of nitrogens with zero attached hydrogens (tertiary/aromatic N) is 3. The van der Waals surface area contributed by atoms with Gasteiger partial charge < -0.3 is 10.6 Å². The second-order valence-electron chi connectivity index (χ2n) is 6.41. The number of hydrogen-bond acceptors (Lipinski definition) is 5. The number of benzene rings is 3. The highest BCUT2D eigenvalue weighted by molar-refractivity contribution is 7.98. The van der Waals surface area contributed by atoms with Crippen LogP contribution in [-0.4, -0.2) is 21.5 Å². The van der Waals surface area contributed by atoms with Gasteiger partial charge in [-0.1, -0.05) is 72.4 Å². The summed E-state index contributed by atoms with van der Waals surface area (Å²) >= 11 is 1.56. The largest absolute Gasteiger partial charge is 0.494 e. The monoisotopic (exact) mass is 390 g/mol. The fourth-order valence-corrected chi connectivity index (χ4v) is 4.07. The van der Waals surface area contributed by atoms with Gasteiger partial charge >= 0.3 is 0 Å². The number of nitrogens with two attached hydrogens (primary N) is 1. The molecule has 2 N–H and O–H groups in total. The van der Waals surface area contributed by atoms with E-state index >= 15 is 0 Å². The number of rotatable bonds is 7. The summed E-state index contributed by atoms with van der Waals surface area (Å²) in [4.78, 5) is 0. The third-order valence-electron chi connectivity index (χ3n) is 4.59. The van der Waals surface area contributed by atoms with Crippen LogP contribution in [0.1, 0.15) is 23.9 Å². The standard InChI is InChI=1S/C22H22N4OS/c1-2-27-20-13-6-4-9-18(20)15-28-22-25-24-21(26(22)23)14-17-11-7-10-16-8-3-5-12-19(16)17/h3-13H,2,14-15,23H2,1H3. The molecule has 0 saturated heterocycles. The third kappa shape index (κ3) is 3.82. The lowest BCUT2D eigenvalue weighted by Crippen LogP contribution is -2.14. The van der Waals surface area contributed by atoms with E-state index in [0.717, 1.165) is 22.9 Å². The van der Waals surface area contributed by atoms with E-state index in [1.807, 2.05) is 31.2 Å². The lowest BCUT2D eigenvalue weighted by atomic mass is 10.0. The van der Waals surface area contributed by atoms with Crippen molar-refractivity contribution < 1.29 is 4.74 Å². The molecule has 5 nitrogen and oxygen atoms in total. The van der Waals surface area contributed by atoms with Crippen molar-refractivity contribution in [1.29, 1.82) is 0 Å². The molecule has 0 unspecified atom stereocenters. The molecule has 0 saturated carbocycles. The van der Waals surface area contributed by atoms with Crippen molar-refractivity contribution >= 4 is 22.5 Å². The molecular weight excluding hydrogens is 368 g/mol. The number of thioether (sulfide) groups is 1. The highest BCUT2D eigenvalue weighted by atomic mass is 32.2. The molecule has 4 rings (SSSR count). The van der Waals surface area contributed by atoms with Crippen LogP contribution < -0.4 is 10.6 Å². The molecule has 3 aromatic carbocycles. The predicted molar refractivity (Wildman–Crippen MR) is 114 cm³/mol. The van der Waals surface area contributed by atoms with E-state index in [-0.39, 0.29) is 0 Å². The summed E-state index contributed by atoms with van der Waals surface area (Å²) in [6.45, 7) is 2.63. The van der Waals surface area contributed by atoms with Crippen molar-refractivity contribution in [3.05, 3.63) is 83.7 Å². The van der Waals surface area contributed by atoms with Crippen LogP contribution in [0.4, 0.5) is 0 Å². The summed E-state index contributed by atoms with van der Waals surface area (Å²) in [5.74, 6) is 8.66. The van der Waals surface area contributed by atoms with Gasteiger partial charge in [0.2, 0.25) is 5.16 Å². The molecule has 4 aromatic rings. The molecule has 0 aliphatic heterocycles. The molecule has 0 bridgehead atoms. The number of fused-ring (bicyclic) bond motifs is 1. The maximum atomic E-state index is 6.30. The molecule has 1 heterocycles. The maximum Gasteiger partial charge on any atom is 0.210 e. The van der Waals surface area contributed by atoms with Crippen LogP contribution >= 0.6 is 11.8 Å². The summed E-state index contributed by atoms with van der Waals surface area (Å²) in [5, 5.41) is 11.7. The summed E-state index contributed by atoms with van der Waals surface area (Å²) < 4.78 is 7.29. The Morgan fingerprint density at radius 3 is 2.57 bits per heavy atom. The van der Waals surface area contributed by atoms with Crippen LogP contribution in [0.3, 0.4) is 0 Å². The molecule has 1 aromatic heterocycles. The van der Waals surface area contributed by atoms with E-state index in [1.165, 1.54) is 16.3 Å². The minimum Gasteiger partial charge on any atom is -0.494 e. The fourth-order valence-electron chi connectivity index (χ4n) is 3.20. The van der Waals surface area contributed by atoms with Crippen LogP contribution in [0.15, 0.2) is 71.9 Å². The zero-order chi connectivity index (χ0) is 19.3. The topological polar surface area (TPSA) is 66.0 Å². The van der Waals surface area contributed by atoms with Crippen LogP contribution in [-0.2, 0) is 12.2 Å². The summed E-state index contributed by atoms with van der Waals surface area (Å²) in [5.41, 5.74) is 2.31. The van der Waals surface area contributed by atoms with Crippen molar-refractivity contribution in [2.75, 3.05) is 12.4 Å². The number of ether oxygens (including phenoxy) is 1. The van der Waals surface area contributed by atoms with Crippen LogP contribution in [0.5, 0.6) is 5.75 Å². The van der Waals surface area contributed by atoms with E-state index in [9.17, 15) is 0 Å². The van der Waals surface area contributed by atoms with E-state index in [0.29, 0.717) is 18.2 Å². The van der Waals surface area contributed by atoms with E-state index in [2.05, 4.69) is 52.7 Å². The third-order valence-corrected chi connectivity index (χ3v) is 5.58. The SMILES string of the molecule is CCOc1ccccc1CSc1nnc(Cc2cccc3ccccc23)n1N. The lowest BCUT2D eigenvalue weighted by molar-refractivity contribution is 0.337. The average Bonchev–Trinajstić information content (AvgIpc) is 3.07. The van der Waals surface area contributed by atoms with Gasteiger partial charge in [-0.2, -0.15) is 0 Å². The van der Waals surface area contributed by atoms with Gasteiger partial charge in [0.05, 0.1) is 6.61 Å². The molecular formula is C22H22N4OS. The molecule has 28 heavy (non-hydrogen) atoms. The Bertz CT molecular complexity index is 1090. The molecule has 0 aliphatic rings. The summed E-state index contributed by atoms with van der Waals surface area (Å²) in [6.07, 6.45) is 0.640. The minimum absolute atomic E-state index is 0.640. The molecule has 0 radical (unpaired) electrons. The Balaban J connectivity index is 1.52. The molecule has 0 aliphatic carbocycles. The van der Waals surface area contributed by atoms with Crippen molar-refractivity contribution in [3.63, 3.8) is 0 Å². The minimum atomic E-state index is 0.640. The Morgan fingerprint density at radius 1 is 0.929 bits per heavy atom. The molecule has 0 amide bonds. The second kappa shape index (κ2) is 8.35. The lowest BCUT2D eigenvalue weighted by Gasteiger charge is -2.09. The van der Waals surface area contributed by atoms with Gasteiger partial charge in [-0.25, -0.2) is 4.68 Å². The average molecular weight is 391 g/mol. The first-order chi connectivity index (χ1) is 13.8. The molecule has 6 heteroatoms. The van der Waals surface area contributed by atoms with Crippen molar-refractivity contribution in [3.8, 4) is 5.75 Å². The van der Waals surface area contributed by atoms with E-state index < -0.39 is 0 Å². The molecule has 0 atom stereocenters. The van der Waals surface area contributed by atoms with Crippen LogP contribution in [0.25, 0.3) is 10.8 Å². The summed E-state index contributed by atoms with van der Waals surface area (Å²) in [6, 6.07) is 22.7. The Kier molecular flexibility index (Phi) is 5.48. The van der Waals surface area contributed by atoms with Crippen molar-refractivity contribution in [1.82, 2.24) is 14.9 Å².